The first-order valence-corrected chi connectivity index (χ1v) is 6.57. The lowest BCUT2D eigenvalue weighted by Gasteiger charge is -2.29. The van der Waals surface area contributed by atoms with E-state index in [9.17, 15) is 5.26 Å². The van der Waals surface area contributed by atoms with Crippen LogP contribution in [0.25, 0.3) is 0 Å². The average Bonchev–Trinajstić information content (AvgIpc) is 3.00. The van der Waals surface area contributed by atoms with E-state index >= 15 is 0 Å². The molecular formula is C15H13N5. The standard InChI is InChI=1S/C15H13N5/c16-6-11-1-4-14-12(5-11)2-3-13(7-17)15(14)8-20-10-18-9-19-20/h1,4-5,9-10,13,15H,2-3,8H2/t13-,15-/m1/s1. The molecule has 0 saturated heterocycles. The SMILES string of the molecule is N#Cc1ccc2c(c1)CC[C@H](C#N)[C@H]2Cn1cncn1. The lowest BCUT2D eigenvalue weighted by molar-refractivity contribution is 0.389. The first-order chi connectivity index (χ1) is 9.81. The van der Waals surface area contributed by atoms with Gasteiger partial charge in [-0.3, -0.25) is 4.68 Å². The van der Waals surface area contributed by atoms with E-state index in [-0.39, 0.29) is 11.8 Å². The quantitative estimate of drug-likeness (QED) is 0.830. The van der Waals surface area contributed by atoms with Gasteiger partial charge in [-0.25, -0.2) is 4.98 Å². The van der Waals surface area contributed by atoms with Crippen LogP contribution in [-0.2, 0) is 13.0 Å². The molecule has 0 amide bonds. The number of fused-ring (bicyclic) bond motifs is 1. The van der Waals surface area contributed by atoms with E-state index in [2.05, 4.69) is 22.2 Å². The first kappa shape index (κ1) is 12.4. The summed E-state index contributed by atoms with van der Waals surface area (Å²) in [6, 6.07) is 10.3. The van der Waals surface area contributed by atoms with Gasteiger partial charge in [0.25, 0.3) is 0 Å². The Morgan fingerprint density at radius 3 is 2.95 bits per heavy atom. The van der Waals surface area contributed by atoms with Gasteiger partial charge in [-0.05, 0) is 36.1 Å². The predicted molar refractivity (Wildman–Crippen MR) is 71.3 cm³/mol. The van der Waals surface area contributed by atoms with Crippen LogP contribution < -0.4 is 0 Å². The minimum atomic E-state index is -0.0142. The van der Waals surface area contributed by atoms with Crippen LogP contribution in [-0.4, -0.2) is 14.8 Å². The van der Waals surface area contributed by atoms with Crippen molar-refractivity contribution in [3.8, 4) is 12.1 Å². The zero-order valence-corrected chi connectivity index (χ0v) is 10.9. The van der Waals surface area contributed by atoms with Crippen molar-refractivity contribution < 1.29 is 0 Å². The number of aryl methyl sites for hydroxylation is 1. The molecule has 1 aromatic carbocycles. The van der Waals surface area contributed by atoms with Crippen LogP contribution >= 0.6 is 0 Å². The number of hydrogen-bond donors (Lipinski definition) is 0. The molecule has 98 valence electrons. The van der Waals surface area contributed by atoms with Crippen molar-refractivity contribution >= 4 is 0 Å². The monoisotopic (exact) mass is 263 g/mol. The third-order valence-electron chi connectivity index (χ3n) is 3.90. The summed E-state index contributed by atoms with van der Waals surface area (Å²) < 4.78 is 1.77. The van der Waals surface area contributed by atoms with Crippen molar-refractivity contribution in [1.29, 1.82) is 10.5 Å². The minimum absolute atomic E-state index is 0.0142. The zero-order valence-electron chi connectivity index (χ0n) is 10.9. The molecule has 0 aliphatic heterocycles. The molecule has 0 spiro atoms. The van der Waals surface area contributed by atoms with E-state index in [1.54, 1.807) is 11.0 Å². The second kappa shape index (κ2) is 5.14. The summed E-state index contributed by atoms with van der Waals surface area (Å²) in [4.78, 5) is 3.95. The van der Waals surface area contributed by atoms with Crippen LogP contribution in [0.5, 0.6) is 0 Å². The number of rotatable bonds is 2. The summed E-state index contributed by atoms with van der Waals surface area (Å²) in [5, 5.41) is 22.5. The molecule has 2 aromatic rings. The smallest absolute Gasteiger partial charge is 0.137 e. The molecule has 20 heavy (non-hydrogen) atoms. The summed E-state index contributed by atoms with van der Waals surface area (Å²) in [5.74, 6) is 0.0952. The van der Waals surface area contributed by atoms with Gasteiger partial charge < -0.3 is 0 Å². The van der Waals surface area contributed by atoms with Gasteiger partial charge in [0, 0.05) is 5.92 Å². The molecule has 0 bridgehead atoms. The number of hydrogen-bond acceptors (Lipinski definition) is 4. The lowest BCUT2D eigenvalue weighted by atomic mass is 9.75. The van der Waals surface area contributed by atoms with E-state index < -0.39 is 0 Å². The number of nitriles is 2. The van der Waals surface area contributed by atoms with Gasteiger partial charge in [-0.2, -0.15) is 15.6 Å². The highest BCUT2D eigenvalue weighted by molar-refractivity contribution is 5.42. The highest BCUT2D eigenvalue weighted by Gasteiger charge is 2.30. The zero-order chi connectivity index (χ0) is 13.9. The molecule has 0 unspecified atom stereocenters. The minimum Gasteiger partial charge on any atom is -0.252 e. The molecule has 0 radical (unpaired) electrons. The Hall–Kier alpha value is -2.66. The van der Waals surface area contributed by atoms with Crippen LogP contribution in [0.2, 0.25) is 0 Å². The molecular weight excluding hydrogens is 250 g/mol. The maximum Gasteiger partial charge on any atom is 0.137 e. The largest absolute Gasteiger partial charge is 0.252 e. The highest BCUT2D eigenvalue weighted by Crippen LogP contribution is 2.37. The third kappa shape index (κ3) is 2.15. The number of nitrogens with zero attached hydrogens (tertiary/aromatic N) is 5. The Morgan fingerprint density at radius 1 is 1.35 bits per heavy atom. The van der Waals surface area contributed by atoms with E-state index in [1.165, 1.54) is 11.9 Å². The Labute approximate surface area is 117 Å². The molecule has 1 aliphatic carbocycles. The summed E-state index contributed by atoms with van der Waals surface area (Å²) >= 11 is 0. The van der Waals surface area contributed by atoms with Gasteiger partial charge in [-0.1, -0.05) is 6.07 Å². The lowest BCUT2D eigenvalue weighted by Crippen LogP contribution is -2.24. The molecule has 0 saturated carbocycles. The van der Waals surface area contributed by atoms with Crippen molar-refractivity contribution in [2.45, 2.75) is 25.3 Å². The first-order valence-electron chi connectivity index (χ1n) is 6.57. The third-order valence-corrected chi connectivity index (χ3v) is 3.90. The molecule has 5 nitrogen and oxygen atoms in total. The highest BCUT2D eigenvalue weighted by atomic mass is 15.3. The Balaban J connectivity index is 1.98. The number of benzene rings is 1. The van der Waals surface area contributed by atoms with Gasteiger partial charge in [0.15, 0.2) is 0 Å². The maximum atomic E-state index is 9.37. The maximum absolute atomic E-state index is 9.37. The summed E-state index contributed by atoms with van der Waals surface area (Å²) in [5.41, 5.74) is 3.02. The second-order valence-corrected chi connectivity index (χ2v) is 5.02. The molecule has 3 rings (SSSR count). The fourth-order valence-corrected chi connectivity index (χ4v) is 2.89. The van der Waals surface area contributed by atoms with Gasteiger partial charge in [0.1, 0.15) is 12.7 Å². The average molecular weight is 263 g/mol. The molecule has 0 fully saturated rings. The van der Waals surface area contributed by atoms with Gasteiger partial charge in [-0.15, -0.1) is 0 Å². The Kier molecular flexibility index (Phi) is 3.18. The van der Waals surface area contributed by atoms with E-state index in [1.807, 2.05) is 18.2 Å². The molecule has 1 heterocycles. The Bertz CT molecular complexity index is 690. The van der Waals surface area contributed by atoms with E-state index in [4.69, 9.17) is 5.26 Å². The van der Waals surface area contributed by atoms with Crippen LogP contribution in [0.3, 0.4) is 0 Å². The van der Waals surface area contributed by atoms with Crippen molar-refractivity contribution in [1.82, 2.24) is 14.8 Å². The van der Waals surface area contributed by atoms with Crippen LogP contribution in [0.1, 0.15) is 29.0 Å². The van der Waals surface area contributed by atoms with Crippen LogP contribution in [0.4, 0.5) is 0 Å². The number of aromatic nitrogens is 3. The molecule has 1 aliphatic rings. The van der Waals surface area contributed by atoms with E-state index in [0.717, 1.165) is 18.4 Å². The van der Waals surface area contributed by atoms with Crippen LogP contribution in [0, 0.1) is 28.6 Å². The summed E-state index contributed by atoms with van der Waals surface area (Å²) in [7, 11) is 0. The summed E-state index contributed by atoms with van der Waals surface area (Å²) in [6.07, 6.45) is 4.87. The second-order valence-electron chi connectivity index (χ2n) is 5.02. The van der Waals surface area contributed by atoms with Crippen molar-refractivity contribution in [2.75, 3.05) is 0 Å². The fraction of sp³-hybridized carbons (Fsp3) is 0.333. The topological polar surface area (TPSA) is 78.3 Å². The normalized spacial score (nSPS) is 20.7. The van der Waals surface area contributed by atoms with Gasteiger partial charge >= 0.3 is 0 Å². The van der Waals surface area contributed by atoms with Crippen LogP contribution in [0.15, 0.2) is 30.9 Å². The van der Waals surface area contributed by atoms with Gasteiger partial charge in [0.2, 0.25) is 0 Å². The fourth-order valence-electron chi connectivity index (χ4n) is 2.89. The molecule has 0 N–H and O–H groups in total. The van der Waals surface area contributed by atoms with Gasteiger partial charge in [0.05, 0.1) is 30.2 Å². The molecule has 1 aromatic heterocycles. The van der Waals surface area contributed by atoms with Crippen molar-refractivity contribution in [2.24, 2.45) is 5.92 Å². The predicted octanol–water partition coefficient (Wildman–Crippen LogP) is 2.02. The van der Waals surface area contributed by atoms with Crippen molar-refractivity contribution in [3.63, 3.8) is 0 Å². The van der Waals surface area contributed by atoms with Crippen molar-refractivity contribution in [3.05, 3.63) is 47.5 Å². The van der Waals surface area contributed by atoms with E-state index in [0.29, 0.717) is 12.1 Å². The molecule has 5 heteroatoms. The molecule has 2 atom stereocenters. The summed E-state index contributed by atoms with van der Waals surface area (Å²) in [6.45, 7) is 0.650. The Morgan fingerprint density at radius 2 is 2.25 bits per heavy atom.